The predicted octanol–water partition coefficient (Wildman–Crippen LogP) is 1.63. The highest BCUT2D eigenvalue weighted by molar-refractivity contribution is 4.99. The van der Waals surface area contributed by atoms with E-state index in [9.17, 15) is 0 Å². The summed E-state index contributed by atoms with van der Waals surface area (Å²) in [5.74, 6) is 1.07. The van der Waals surface area contributed by atoms with Crippen LogP contribution in [0.3, 0.4) is 0 Å². The molecule has 62 valence electrons. The first kappa shape index (κ1) is 8.18. The van der Waals surface area contributed by atoms with E-state index in [-0.39, 0.29) is 0 Å². The van der Waals surface area contributed by atoms with Gasteiger partial charge in [0.25, 0.3) is 0 Å². The minimum atomic E-state index is 1.07. The molecule has 0 bridgehead atoms. The van der Waals surface area contributed by atoms with E-state index in [0.717, 1.165) is 12.4 Å². The van der Waals surface area contributed by atoms with Gasteiger partial charge in [0.15, 0.2) is 0 Å². The summed E-state index contributed by atoms with van der Waals surface area (Å²) >= 11 is 0. The van der Waals surface area contributed by atoms with Crippen LogP contribution in [0.5, 0.6) is 0 Å². The zero-order chi connectivity index (χ0) is 8.27. The van der Waals surface area contributed by atoms with Gasteiger partial charge in [-0.05, 0) is 12.8 Å². The highest BCUT2D eigenvalue weighted by Gasteiger charge is 2.05. The Kier molecular flexibility index (Phi) is 2.58. The molecule has 0 fully saturated rings. The molecule has 0 atom stereocenters. The second-order valence-electron chi connectivity index (χ2n) is 2.98. The van der Waals surface area contributed by atoms with Gasteiger partial charge in [0.1, 0.15) is 0 Å². The lowest BCUT2D eigenvalue weighted by atomic mass is 10.2. The van der Waals surface area contributed by atoms with E-state index in [0.29, 0.717) is 0 Å². The molecule has 0 amide bonds. The van der Waals surface area contributed by atoms with Gasteiger partial charge in [-0.3, -0.25) is 0 Å². The average molecular weight is 152 g/mol. The summed E-state index contributed by atoms with van der Waals surface area (Å²) in [6.45, 7) is 5.08. The Hall–Kier alpha value is -0.920. The van der Waals surface area contributed by atoms with Crippen molar-refractivity contribution in [2.24, 2.45) is 0 Å². The van der Waals surface area contributed by atoms with Crippen LogP contribution >= 0.6 is 0 Å². The third kappa shape index (κ3) is 2.00. The topological polar surface area (TPSA) is 6.48 Å². The molecule has 2 heteroatoms. The van der Waals surface area contributed by atoms with E-state index in [2.05, 4.69) is 35.7 Å². The zero-order valence-electron chi connectivity index (χ0n) is 7.38. The molecule has 1 aliphatic heterocycles. The van der Waals surface area contributed by atoms with E-state index in [1.807, 2.05) is 7.05 Å². The molecule has 0 aromatic rings. The van der Waals surface area contributed by atoms with Crippen LogP contribution in [0.25, 0.3) is 0 Å². The van der Waals surface area contributed by atoms with Crippen molar-refractivity contribution >= 4 is 0 Å². The van der Waals surface area contributed by atoms with Crippen LogP contribution < -0.4 is 0 Å². The molecule has 1 rings (SSSR count). The highest BCUT2D eigenvalue weighted by atomic mass is 15.3. The maximum Gasteiger partial charge on any atom is 0.1000 e. The number of rotatable bonds is 0. The van der Waals surface area contributed by atoms with E-state index < -0.39 is 0 Å². The van der Waals surface area contributed by atoms with Crippen molar-refractivity contribution in [3.63, 3.8) is 0 Å². The van der Waals surface area contributed by atoms with Gasteiger partial charge >= 0.3 is 0 Å². The lowest BCUT2D eigenvalue weighted by Gasteiger charge is -2.29. The smallest absolute Gasteiger partial charge is 0.1000 e. The Balaban J connectivity index is 2.64. The molecule has 0 N–H and O–H groups in total. The minimum absolute atomic E-state index is 1.07. The van der Waals surface area contributed by atoms with Crippen LogP contribution in [-0.4, -0.2) is 30.4 Å². The standard InChI is InChI=1S/C9H16N2/c1-9-10(2)7-5-4-6-8-11(9)3/h5,7H,1,4,6,8H2,2-3H3. The van der Waals surface area contributed by atoms with Gasteiger partial charge in [-0.25, -0.2) is 0 Å². The fraction of sp³-hybridized carbons (Fsp3) is 0.556. The quantitative estimate of drug-likeness (QED) is 0.520. The summed E-state index contributed by atoms with van der Waals surface area (Å²) in [7, 11) is 4.11. The largest absolute Gasteiger partial charge is 0.362 e. The van der Waals surface area contributed by atoms with E-state index in [4.69, 9.17) is 0 Å². The average Bonchev–Trinajstić information content (AvgIpc) is 2.00. The van der Waals surface area contributed by atoms with Gasteiger partial charge in [0.05, 0.1) is 5.82 Å². The van der Waals surface area contributed by atoms with Crippen molar-refractivity contribution < 1.29 is 0 Å². The van der Waals surface area contributed by atoms with Gasteiger partial charge in [-0.2, -0.15) is 0 Å². The van der Waals surface area contributed by atoms with Crippen LogP contribution in [0, 0.1) is 0 Å². The number of hydrogen-bond donors (Lipinski definition) is 0. The summed E-state index contributed by atoms with van der Waals surface area (Å²) in [6, 6.07) is 0. The van der Waals surface area contributed by atoms with Crippen molar-refractivity contribution in [2.45, 2.75) is 12.8 Å². The Morgan fingerprint density at radius 1 is 1.45 bits per heavy atom. The van der Waals surface area contributed by atoms with E-state index in [1.165, 1.54) is 12.8 Å². The van der Waals surface area contributed by atoms with Gasteiger partial charge in [0.2, 0.25) is 0 Å². The van der Waals surface area contributed by atoms with Gasteiger partial charge in [-0.1, -0.05) is 12.7 Å². The van der Waals surface area contributed by atoms with Gasteiger partial charge in [-0.15, -0.1) is 0 Å². The Bertz CT molecular complexity index is 172. The molecule has 0 aromatic heterocycles. The molecule has 0 unspecified atom stereocenters. The molecule has 0 saturated carbocycles. The molecule has 0 saturated heterocycles. The van der Waals surface area contributed by atoms with Crippen molar-refractivity contribution in [3.8, 4) is 0 Å². The maximum absolute atomic E-state index is 3.98. The van der Waals surface area contributed by atoms with Crippen molar-refractivity contribution in [3.05, 3.63) is 24.7 Å². The van der Waals surface area contributed by atoms with Crippen molar-refractivity contribution in [1.82, 2.24) is 9.80 Å². The maximum atomic E-state index is 3.98. The van der Waals surface area contributed by atoms with Crippen LogP contribution in [-0.2, 0) is 0 Å². The van der Waals surface area contributed by atoms with E-state index in [1.54, 1.807) is 0 Å². The Morgan fingerprint density at radius 2 is 2.18 bits per heavy atom. The number of hydrogen-bond acceptors (Lipinski definition) is 2. The second-order valence-corrected chi connectivity index (χ2v) is 2.98. The lowest BCUT2D eigenvalue weighted by Crippen LogP contribution is -2.28. The summed E-state index contributed by atoms with van der Waals surface area (Å²) in [6.07, 6.45) is 6.66. The van der Waals surface area contributed by atoms with Crippen LogP contribution in [0.15, 0.2) is 24.7 Å². The van der Waals surface area contributed by atoms with E-state index >= 15 is 0 Å². The molecular formula is C9H16N2. The minimum Gasteiger partial charge on any atom is -0.362 e. The highest BCUT2D eigenvalue weighted by Crippen LogP contribution is 2.09. The first-order valence-electron chi connectivity index (χ1n) is 4.01. The summed E-state index contributed by atoms with van der Waals surface area (Å²) in [4.78, 5) is 4.24. The Labute approximate surface area is 68.8 Å². The lowest BCUT2D eigenvalue weighted by molar-refractivity contribution is 0.309. The monoisotopic (exact) mass is 152 g/mol. The molecule has 1 heterocycles. The van der Waals surface area contributed by atoms with Gasteiger partial charge < -0.3 is 9.80 Å². The fourth-order valence-electron chi connectivity index (χ4n) is 1.16. The first-order valence-corrected chi connectivity index (χ1v) is 4.01. The third-order valence-electron chi connectivity index (χ3n) is 2.04. The van der Waals surface area contributed by atoms with Crippen molar-refractivity contribution in [2.75, 3.05) is 20.6 Å². The molecular weight excluding hydrogens is 136 g/mol. The first-order chi connectivity index (χ1) is 5.22. The summed E-state index contributed by atoms with van der Waals surface area (Å²) in [5.41, 5.74) is 0. The third-order valence-corrected chi connectivity index (χ3v) is 2.04. The molecule has 11 heavy (non-hydrogen) atoms. The van der Waals surface area contributed by atoms with Crippen LogP contribution in [0.4, 0.5) is 0 Å². The number of allylic oxidation sites excluding steroid dienone is 1. The number of nitrogens with zero attached hydrogens (tertiary/aromatic N) is 2. The SMILES string of the molecule is C=C1N(C)C=CCCCN1C. The molecule has 0 aliphatic carbocycles. The zero-order valence-corrected chi connectivity index (χ0v) is 7.38. The molecule has 0 spiro atoms. The fourth-order valence-corrected chi connectivity index (χ4v) is 1.16. The molecule has 0 radical (unpaired) electrons. The Morgan fingerprint density at radius 3 is 2.91 bits per heavy atom. The summed E-state index contributed by atoms with van der Waals surface area (Å²) < 4.78 is 0. The van der Waals surface area contributed by atoms with Crippen LogP contribution in [0.2, 0.25) is 0 Å². The normalized spacial score (nSPS) is 20.0. The molecule has 2 nitrogen and oxygen atoms in total. The van der Waals surface area contributed by atoms with Gasteiger partial charge in [0, 0.05) is 26.8 Å². The predicted molar refractivity (Wildman–Crippen MR) is 47.9 cm³/mol. The van der Waals surface area contributed by atoms with Crippen LogP contribution in [0.1, 0.15) is 12.8 Å². The molecule has 1 aliphatic rings. The second kappa shape index (κ2) is 3.46. The van der Waals surface area contributed by atoms with Crippen molar-refractivity contribution in [1.29, 1.82) is 0 Å². The molecule has 0 aromatic carbocycles. The summed E-state index contributed by atoms with van der Waals surface area (Å²) in [5, 5.41) is 0.